The monoisotopic (exact) mass is 263 g/mol. The Bertz CT molecular complexity index is 396. The normalized spacial score (nSPS) is 12.9. The fraction of sp³-hybridized carbons (Fsp3) is 0.562. The van der Waals surface area contributed by atoms with Gasteiger partial charge in [0.25, 0.3) is 0 Å². The zero-order chi connectivity index (χ0) is 14.4. The van der Waals surface area contributed by atoms with Crippen molar-refractivity contribution in [3.63, 3.8) is 0 Å². The van der Waals surface area contributed by atoms with Crippen LogP contribution in [-0.4, -0.2) is 17.6 Å². The van der Waals surface area contributed by atoms with Crippen LogP contribution in [0.25, 0.3) is 0 Å². The molecule has 0 saturated carbocycles. The number of aliphatic carboxylic acids is 1. The maximum Gasteiger partial charge on any atom is 0.325 e. The molecule has 0 aromatic heterocycles. The average Bonchev–Trinajstić information content (AvgIpc) is 2.29. The molecule has 3 nitrogen and oxygen atoms in total. The van der Waals surface area contributed by atoms with Crippen LogP contribution < -0.4 is 5.32 Å². The van der Waals surface area contributed by atoms with E-state index in [0.29, 0.717) is 18.4 Å². The van der Waals surface area contributed by atoms with Crippen molar-refractivity contribution in [2.75, 3.05) is 6.54 Å². The summed E-state index contributed by atoms with van der Waals surface area (Å²) in [4.78, 5) is 11.3. The highest BCUT2D eigenvalue weighted by Gasteiger charge is 2.19. The van der Waals surface area contributed by atoms with Crippen molar-refractivity contribution in [3.8, 4) is 0 Å². The highest BCUT2D eigenvalue weighted by atomic mass is 16.4. The predicted octanol–water partition coefficient (Wildman–Crippen LogP) is 3.26. The summed E-state index contributed by atoms with van der Waals surface area (Å²) in [5, 5.41) is 12.4. The first-order valence-corrected chi connectivity index (χ1v) is 6.95. The van der Waals surface area contributed by atoms with Gasteiger partial charge in [0.1, 0.15) is 6.04 Å². The molecule has 106 valence electrons. The summed E-state index contributed by atoms with van der Waals surface area (Å²) in [5.41, 5.74) is 2.08. The Morgan fingerprint density at radius 1 is 1.11 bits per heavy atom. The van der Waals surface area contributed by atoms with Crippen molar-refractivity contribution < 1.29 is 9.90 Å². The number of rotatable bonds is 7. The molecular weight excluding hydrogens is 238 g/mol. The summed E-state index contributed by atoms with van der Waals surface area (Å²) < 4.78 is 0. The van der Waals surface area contributed by atoms with Crippen molar-refractivity contribution in [2.45, 2.75) is 40.2 Å². The highest BCUT2D eigenvalue weighted by Crippen LogP contribution is 2.16. The van der Waals surface area contributed by atoms with Gasteiger partial charge in [-0.1, -0.05) is 52.0 Å². The summed E-state index contributed by atoms with van der Waals surface area (Å²) in [7, 11) is 0. The van der Waals surface area contributed by atoms with E-state index in [-0.39, 0.29) is 0 Å². The van der Waals surface area contributed by atoms with E-state index in [1.807, 2.05) is 24.3 Å². The third-order valence-corrected chi connectivity index (χ3v) is 2.93. The number of benzene rings is 1. The molecule has 0 bridgehead atoms. The van der Waals surface area contributed by atoms with Crippen LogP contribution in [-0.2, 0) is 11.2 Å². The molecule has 1 rings (SSSR count). The summed E-state index contributed by atoms with van der Waals surface area (Å²) in [6.07, 6.45) is 1.03. The number of nitrogens with one attached hydrogen (secondary N) is 1. The van der Waals surface area contributed by atoms with Gasteiger partial charge in [-0.05, 0) is 35.9 Å². The molecule has 0 amide bonds. The Hall–Kier alpha value is -1.35. The number of carboxylic acids is 1. The number of hydrogen-bond acceptors (Lipinski definition) is 2. The lowest BCUT2D eigenvalue weighted by Gasteiger charge is -2.17. The van der Waals surface area contributed by atoms with Crippen LogP contribution in [0.3, 0.4) is 0 Å². The molecule has 0 radical (unpaired) electrons. The van der Waals surface area contributed by atoms with E-state index in [0.717, 1.165) is 12.0 Å². The van der Waals surface area contributed by atoms with E-state index in [2.05, 4.69) is 33.0 Å². The van der Waals surface area contributed by atoms with Crippen LogP contribution in [0.1, 0.15) is 44.9 Å². The van der Waals surface area contributed by atoms with E-state index in [1.54, 1.807) is 0 Å². The fourth-order valence-corrected chi connectivity index (χ4v) is 2.02. The summed E-state index contributed by atoms with van der Waals surface area (Å²) >= 11 is 0. The Morgan fingerprint density at radius 3 is 2.11 bits per heavy atom. The van der Waals surface area contributed by atoms with Crippen molar-refractivity contribution in [3.05, 3.63) is 35.4 Å². The number of carboxylic acid groups (broad SMARTS) is 1. The van der Waals surface area contributed by atoms with Crippen LogP contribution in [0.4, 0.5) is 0 Å². The second-order valence-electron chi connectivity index (χ2n) is 5.91. The first kappa shape index (κ1) is 15.7. The van der Waals surface area contributed by atoms with E-state index in [9.17, 15) is 9.90 Å². The third-order valence-electron chi connectivity index (χ3n) is 2.93. The Balaban J connectivity index is 2.76. The van der Waals surface area contributed by atoms with E-state index < -0.39 is 12.0 Å². The minimum atomic E-state index is -0.822. The standard InChI is InChI=1S/C16H25NO2/c1-11(2)9-13-5-7-14(8-6-13)15(16(18)19)17-10-12(3)4/h5-8,11-12,15,17H,9-10H2,1-4H3,(H,18,19). The molecule has 0 aliphatic heterocycles. The summed E-state index contributed by atoms with van der Waals surface area (Å²) in [5.74, 6) is 0.222. The lowest BCUT2D eigenvalue weighted by molar-refractivity contribution is -0.139. The smallest absolute Gasteiger partial charge is 0.325 e. The van der Waals surface area contributed by atoms with Gasteiger partial charge in [-0.25, -0.2) is 0 Å². The van der Waals surface area contributed by atoms with Gasteiger partial charge in [-0.15, -0.1) is 0 Å². The largest absolute Gasteiger partial charge is 0.480 e. The SMILES string of the molecule is CC(C)CNC(C(=O)O)c1ccc(CC(C)C)cc1. The molecule has 0 fully saturated rings. The van der Waals surface area contributed by atoms with Gasteiger partial charge < -0.3 is 10.4 Å². The second-order valence-corrected chi connectivity index (χ2v) is 5.91. The van der Waals surface area contributed by atoms with Gasteiger partial charge >= 0.3 is 5.97 Å². The van der Waals surface area contributed by atoms with Crippen LogP contribution in [0.2, 0.25) is 0 Å². The molecule has 3 heteroatoms. The Kier molecular flexibility index (Phi) is 6.03. The van der Waals surface area contributed by atoms with Gasteiger partial charge in [0.05, 0.1) is 0 Å². The predicted molar refractivity (Wildman–Crippen MR) is 78.2 cm³/mol. The van der Waals surface area contributed by atoms with Crippen molar-refractivity contribution in [2.24, 2.45) is 11.8 Å². The van der Waals surface area contributed by atoms with Crippen molar-refractivity contribution in [1.29, 1.82) is 0 Å². The van der Waals surface area contributed by atoms with Crippen LogP contribution in [0.5, 0.6) is 0 Å². The lowest BCUT2D eigenvalue weighted by Crippen LogP contribution is -2.31. The van der Waals surface area contributed by atoms with E-state index in [1.165, 1.54) is 5.56 Å². The molecule has 1 unspecified atom stereocenters. The molecule has 0 aliphatic carbocycles. The average molecular weight is 263 g/mol. The molecule has 19 heavy (non-hydrogen) atoms. The number of carbonyl (C=O) groups is 1. The minimum absolute atomic E-state index is 0.432. The first-order chi connectivity index (χ1) is 8.90. The molecule has 0 heterocycles. The van der Waals surface area contributed by atoms with Gasteiger partial charge in [-0.3, -0.25) is 4.79 Å². The fourth-order valence-electron chi connectivity index (χ4n) is 2.02. The highest BCUT2D eigenvalue weighted by molar-refractivity contribution is 5.75. The van der Waals surface area contributed by atoms with Crippen LogP contribution in [0.15, 0.2) is 24.3 Å². The molecule has 0 aliphatic rings. The molecule has 1 aromatic rings. The summed E-state index contributed by atoms with van der Waals surface area (Å²) in [6.45, 7) is 9.19. The van der Waals surface area contributed by atoms with Crippen molar-refractivity contribution >= 4 is 5.97 Å². The molecule has 0 saturated heterocycles. The maximum atomic E-state index is 11.3. The first-order valence-electron chi connectivity index (χ1n) is 6.95. The minimum Gasteiger partial charge on any atom is -0.480 e. The molecule has 1 aromatic carbocycles. The molecule has 0 spiro atoms. The summed E-state index contributed by atoms with van der Waals surface area (Å²) in [6, 6.07) is 7.29. The Morgan fingerprint density at radius 2 is 1.68 bits per heavy atom. The lowest BCUT2D eigenvalue weighted by atomic mass is 9.99. The van der Waals surface area contributed by atoms with Gasteiger partial charge in [0.2, 0.25) is 0 Å². The van der Waals surface area contributed by atoms with Gasteiger partial charge in [0.15, 0.2) is 0 Å². The molecule has 2 N–H and O–H groups in total. The number of hydrogen-bond donors (Lipinski definition) is 2. The van der Waals surface area contributed by atoms with Gasteiger partial charge in [0, 0.05) is 0 Å². The molecule has 1 atom stereocenters. The van der Waals surface area contributed by atoms with Crippen LogP contribution >= 0.6 is 0 Å². The van der Waals surface area contributed by atoms with Crippen LogP contribution in [0, 0.1) is 11.8 Å². The topological polar surface area (TPSA) is 49.3 Å². The van der Waals surface area contributed by atoms with Crippen molar-refractivity contribution in [1.82, 2.24) is 5.32 Å². The Labute approximate surface area is 116 Å². The third kappa shape index (κ3) is 5.43. The van der Waals surface area contributed by atoms with E-state index in [4.69, 9.17) is 0 Å². The second kappa shape index (κ2) is 7.29. The maximum absolute atomic E-state index is 11.3. The quantitative estimate of drug-likeness (QED) is 0.794. The molecular formula is C16H25NO2. The van der Waals surface area contributed by atoms with E-state index >= 15 is 0 Å². The zero-order valence-electron chi connectivity index (χ0n) is 12.3. The van der Waals surface area contributed by atoms with Gasteiger partial charge in [-0.2, -0.15) is 0 Å². The zero-order valence-corrected chi connectivity index (χ0v) is 12.3.